The Bertz CT molecular complexity index is 524. The van der Waals surface area contributed by atoms with Crippen LogP contribution in [0.5, 0.6) is 0 Å². The molecular weight excluding hydrogens is 320 g/mol. The summed E-state index contributed by atoms with van der Waals surface area (Å²) in [6.45, 7) is 4.41. The van der Waals surface area contributed by atoms with Crippen LogP contribution < -0.4 is 0 Å². The number of ether oxygens (including phenoxy) is 3. The highest BCUT2D eigenvalue weighted by Crippen LogP contribution is 2.08. The Kier molecular flexibility index (Phi) is 7.60. The second kappa shape index (κ2) is 9.19. The molecule has 8 heteroatoms. The number of rotatable bonds is 0. The minimum Gasteiger partial charge on any atom is -0.459 e. The lowest BCUT2D eigenvalue weighted by molar-refractivity contribution is -0.157. The van der Waals surface area contributed by atoms with Crippen LogP contribution in [-0.2, 0) is 28.6 Å². The zero-order valence-corrected chi connectivity index (χ0v) is 13.7. The van der Waals surface area contributed by atoms with Crippen LogP contribution in [0.15, 0.2) is 24.3 Å². The molecule has 1 heterocycles. The van der Waals surface area contributed by atoms with Gasteiger partial charge >= 0.3 is 17.9 Å². The van der Waals surface area contributed by atoms with Crippen molar-refractivity contribution in [1.82, 2.24) is 0 Å². The van der Waals surface area contributed by atoms with Gasteiger partial charge in [-0.25, -0.2) is 9.59 Å². The van der Waals surface area contributed by atoms with E-state index >= 15 is 0 Å². The van der Waals surface area contributed by atoms with Crippen molar-refractivity contribution in [1.29, 1.82) is 0 Å². The third-order valence-electron chi connectivity index (χ3n) is 3.21. The van der Waals surface area contributed by atoms with Crippen molar-refractivity contribution in [3.05, 3.63) is 24.3 Å². The highest BCUT2D eigenvalue weighted by molar-refractivity contribution is 5.83. The number of aliphatic hydroxyl groups is 2. The van der Waals surface area contributed by atoms with Gasteiger partial charge in [-0.15, -0.1) is 0 Å². The van der Waals surface area contributed by atoms with E-state index in [4.69, 9.17) is 14.2 Å². The predicted molar refractivity (Wildman–Crippen MR) is 81.6 cm³/mol. The van der Waals surface area contributed by atoms with Gasteiger partial charge in [0.05, 0.1) is 6.42 Å². The molecule has 0 saturated carbocycles. The van der Waals surface area contributed by atoms with Crippen molar-refractivity contribution in [3.8, 4) is 0 Å². The predicted octanol–water partition coefficient (Wildman–Crippen LogP) is 0.0194. The zero-order valence-electron chi connectivity index (χ0n) is 13.7. The van der Waals surface area contributed by atoms with Crippen molar-refractivity contribution < 1.29 is 38.8 Å². The first-order valence-corrected chi connectivity index (χ1v) is 7.52. The van der Waals surface area contributed by atoms with Gasteiger partial charge in [0.25, 0.3) is 0 Å². The SMILES string of the molecule is CC1CC(=O)OC(C)C(O)/C=C/C(=O)OC(C)C(O)/C=C/C(=O)O1. The van der Waals surface area contributed by atoms with Gasteiger partial charge < -0.3 is 24.4 Å². The summed E-state index contributed by atoms with van der Waals surface area (Å²) in [6, 6.07) is 0. The maximum atomic E-state index is 11.7. The molecule has 0 aliphatic carbocycles. The Balaban J connectivity index is 2.91. The second-order valence-corrected chi connectivity index (χ2v) is 5.49. The molecule has 5 atom stereocenters. The van der Waals surface area contributed by atoms with Gasteiger partial charge in [0.1, 0.15) is 30.5 Å². The lowest BCUT2D eigenvalue weighted by Gasteiger charge is -2.19. The summed E-state index contributed by atoms with van der Waals surface area (Å²) in [6.07, 6.45) is -0.961. The van der Waals surface area contributed by atoms with E-state index in [9.17, 15) is 24.6 Å². The van der Waals surface area contributed by atoms with E-state index in [1.165, 1.54) is 20.8 Å². The molecule has 0 amide bonds. The largest absolute Gasteiger partial charge is 0.459 e. The van der Waals surface area contributed by atoms with Gasteiger partial charge in [-0.05, 0) is 32.9 Å². The highest BCUT2D eigenvalue weighted by atomic mass is 16.6. The first kappa shape index (κ1) is 19.9. The van der Waals surface area contributed by atoms with Gasteiger partial charge in [0.2, 0.25) is 0 Å². The first-order chi connectivity index (χ1) is 11.2. The number of aliphatic hydroxyl groups excluding tert-OH is 2. The van der Waals surface area contributed by atoms with E-state index in [-0.39, 0.29) is 6.42 Å². The van der Waals surface area contributed by atoms with Crippen LogP contribution in [0.4, 0.5) is 0 Å². The standard InChI is InChI=1S/C16H22O8/c1-9-8-16(21)24-11(3)13(18)5-7-15(20)23-10(2)12(17)4-6-14(19)22-9/h4-7,9-13,17-18H,8H2,1-3H3/b6-4+,7-5+. The number of carbonyl (C=O) groups excluding carboxylic acids is 3. The van der Waals surface area contributed by atoms with Gasteiger partial charge in [0, 0.05) is 12.2 Å². The van der Waals surface area contributed by atoms with Crippen molar-refractivity contribution >= 4 is 17.9 Å². The molecule has 0 saturated heterocycles. The van der Waals surface area contributed by atoms with E-state index in [1.807, 2.05) is 0 Å². The summed E-state index contributed by atoms with van der Waals surface area (Å²) in [5.74, 6) is -2.22. The lowest BCUT2D eigenvalue weighted by atomic mass is 10.2. The molecule has 134 valence electrons. The van der Waals surface area contributed by atoms with Crippen LogP contribution in [0, 0.1) is 0 Å². The van der Waals surface area contributed by atoms with E-state index in [1.54, 1.807) is 0 Å². The van der Waals surface area contributed by atoms with Crippen LogP contribution in [0.1, 0.15) is 27.2 Å². The molecule has 1 aliphatic heterocycles. The average Bonchev–Trinajstić information content (AvgIpc) is 2.48. The molecule has 1 aliphatic rings. The third-order valence-corrected chi connectivity index (χ3v) is 3.21. The molecule has 2 N–H and O–H groups in total. The monoisotopic (exact) mass is 342 g/mol. The van der Waals surface area contributed by atoms with Gasteiger partial charge in [-0.1, -0.05) is 0 Å². The molecule has 8 nitrogen and oxygen atoms in total. The number of hydrogen-bond acceptors (Lipinski definition) is 8. The van der Waals surface area contributed by atoms with Crippen LogP contribution in [0.2, 0.25) is 0 Å². The van der Waals surface area contributed by atoms with E-state index in [2.05, 4.69) is 0 Å². The lowest BCUT2D eigenvalue weighted by Crippen LogP contribution is -2.30. The van der Waals surface area contributed by atoms with Crippen molar-refractivity contribution in [2.75, 3.05) is 0 Å². The molecule has 1 rings (SSSR count). The number of carbonyl (C=O) groups is 3. The fourth-order valence-electron chi connectivity index (χ4n) is 1.80. The third kappa shape index (κ3) is 6.93. The maximum Gasteiger partial charge on any atom is 0.330 e. The molecule has 0 aromatic heterocycles. The van der Waals surface area contributed by atoms with Gasteiger partial charge in [0.15, 0.2) is 0 Å². The van der Waals surface area contributed by atoms with E-state index in [0.29, 0.717) is 0 Å². The van der Waals surface area contributed by atoms with E-state index in [0.717, 1.165) is 24.3 Å². The summed E-state index contributed by atoms with van der Waals surface area (Å²) in [7, 11) is 0. The second-order valence-electron chi connectivity index (χ2n) is 5.49. The fraction of sp³-hybridized carbons (Fsp3) is 0.562. The molecular formula is C16H22O8. The highest BCUT2D eigenvalue weighted by Gasteiger charge is 2.21. The smallest absolute Gasteiger partial charge is 0.330 e. The van der Waals surface area contributed by atoms with Crippen molar-refractivity contribution in [2.45, 2.75) is 57.7 Å². The Morgan fingerprint density at radius 3 is 1.83 bits per heavy atom. The molecule has 5 unspecified atom stereocenters. The molecule has 24 heavy (non-hydrogen) atoms. The summed E-state index contributed by atoms with van der Waals surface area (Å²) >= 11 is 0. The molecule has 0 aromatic rings. The van der Waals surface area contributed by atoms with Crippen molar-refractivity contribution in [3.63, 3.8) is 0 Å². The summed E-state index contributed by atoms with van der Waals surface area (Å²) < 4.78 is 14.9. The molecule has 0 aromatic carbocycles. The van der Waals surface area contributed by atoms with Crippen LogP contribution in [0.25, 0.3) is 0 Å². The molecule has 0 fully saturated rings. The Morgan fingerprint density at radius 1 is 0.833 bits per heavy atom. The zero-order chi connectivity index (χ0) is 18.3. The summed E-state index contributed by atoms with van der Waals surface area (Å²) in [5, 5.41) is 19.6. The Hall–Kier alpha value is -2.19. The molecule has 0 spiro atoms. The van der Waals surface area contributed by atoms with E-state index < -0.39 is 48.4 Å². The summed E-state index contributed by atoms with van der Waals surface area (Å²) in [5.41, 5.74) is 0. The quantitative estimate of drug-likeness (QED) is 0.467. The topological polar surface area (TPSA) is 119 Å². The normalized spacial score (nSPS) is 36.2. The minimum absolute atomic E-state index is 0.193. The Morgan fingerprint density at radius 2 is 1.29 bits per heavy atom. The van der Waals surface area contributed by atoms with Gasteiger partial charge in [-0.3, -0.25) is 4.79 Å². The van der Waals surface area contributed by atoms with Gasteiger partial charge in [-0.2, -0.15) is 0 Å². The van der Waals surface area contributed by atoms with Crippen LogP contribution in [0.3, 0.4) is 0 Å². The Labute approximate surface area is 139 Å². The van der Waals surface area contributed by atoms with Crippen molar-refractivity contribution in [2.24, 2.45) is 0 Å². The first-order valence-electron chi connectivity index (χ1n) is 7.52. The minimum atomic E-state index is -1.22. The number of cyclic esters (lactones) is 3. The number of hydrogen-bond donors (Lipinski definition) is 2. The number of esters is 3. The van der Waals surface area contributed by atoms with Crippen LogP contribution in [-0.4, -0.2) is 58.6 Å². The van der Waals surface area contributed by atoms with Crippen LogP contribution >= 0.6 is 0 Å². The fourth-order valence-corrected chi connectivity index (χ4v) is 1.80. The average molecular weight is 342 g/mol. The molecule has 0 radical (unpaired) electrons. The molecule has 0 bridgehead atoms. The summed E-state index contributed by atoms with van der Waals surface area (Å²) in [4.78, 5) is 34.9. The maximum absolute atomic E-state index is 11.7.